The van der Waals surface area contributed by atoms with E-state index in [-0.39, 0.29) is 5.56 Å². The van der Waals surface area contributed by atoms with Crippen molar-refractivity contribution in [3.8, 4) is 0 Å². The van der Waals surface area contributed by atoms with Gasteiger partial charge in [-0.1, -0.05) is 6.92 Å². The first-order chi connectivity index (χ1) is 9.77. The summed E-state index contributed by atoms with van der Waals surface area (Å²) in [7, 11) is 0. The molecule has 0 radical (unpaired) electrons. The monoisotopic (exact) mass is 306 g/mol. The second-order valence-corrected chi connectivity index (χ2v) is 4.70. The SMILES string of the molecule is CCCNc1ccc(C(=O)NCC(F)(F)C(F)F)c(C)c1. The minimum Gasteiger partial charge on any atom is -0.385 e. The maximum Gasteiger partial charge on any atom is 0.324 e. The Morgan fingerprint density at radius 1 is 1.33 bits per heavy atom. The highest BCUT2D eigenvalue weighted by molar-refractivity contribution is 5.96. The zero-order chi connectivity index (χ0) is 16.0. The molecule has 0 atom stereocenters. The Balaban J connectivity index is 2.70. The Morgan fingerprint density at radius 2 is 2.00 bits per heavy atom. The van der Waals surface area contributed by atoms with Crippen molar-refractivity contribution in [2.24, 2.45) is 0 Å². The zero-order valence-corrected chi connectivity index (χ0v) is 11.9. The van der Waals surface area contributed by atoms with Gasteiger partial charge in [-0.25, -0.2) is 8.78 Å². The van der Waals surface area contributed by atoms with Gasteiger partial charge < -0.3 is 10.6 Å². The minimum atomic E-state index is -4.23. The van der Waals surface area contributed by atoms with Gasteiger partial charge in [-0.05, 0) is 37.1 Å². The number of carbonyl (C=O) groups is 1. The van der Waals surface area contributed by atoms with Crippen LogP contribution in [0.15, 0.2) is 18.2 Å². The number of hydrogen-bond acceptors (Lipinski definition) is 2. The van der Waals surface area contributed by atoms with Crippen molar-refractivity contribution >= 4 is 11.6 Å². The summed E-state index contributed by atoms with van der Waals surface area (Å²) in [5, 5.41) is 4.96. The van der Waals surface area contributed by atoms with E-state index in [2.05, 4.69) is 5.32 Å². The van der Waals surface area contributed by atoms with E-state index in [1.54, 1.807) is 19.1 Å². The molecule has 0 bridgehead atoms. The van der Waals surface area contributed by atoms with E-state index in [9.17, 15) is 22.4 Å². The van der Waals surface area contributed by atoms with Gasteiger partial charge in [0.15, 0.2) is 0 Å². The van der Waals surface area contributed by atoms with Crippen molar-refractivity contribution in [2.75, 3.05) is 18.4 Å². The lowest BCUT2D eigenvalue weighted by Gasteiger charge is -2.16. The first-order valence-corrected chi connectivity index (χ1v) is 6.56. The van der Waals surface area contributed by atoms with Gasteiger partial charge in [0.1, 0.15) is 0 Å². The van der Waals surface area contributed by atoms with Gasteiger partial charge in [0.2, 0.25) is 0 Å². The van der Waals surface area contributed by atoms with E-state index >= 15 is 0 Å². The highest BCUT2D eigenvalue weighted by Gasteiger charge is 2.40. The van der Waals surface area contributed by atoms with Gasteiger partial charge in [0.05, 0.1) is 6.54 Å². The lowest BCUT2D eigenvalue weighted by Crippen LogP contribution is -2.41. The van der Waals surface area contributed by atoms with Crippen LogP contribution in [-0.2, 0) is 0 Å². The van der Waals surface area contributed by atoms with Crippen LogP contribution < -0.4 is 10.6 Å². The third-order valence-electron chi connectivity index (χ3n) is 2.85. The minimum absolute atomic E-state index is 0.183. The van der Waals surface area contributed by atoms with Crippen LogP contribution in [-0.4, -0.2) is 31.3 Å². The number of amides is 1. The Labute approximate surface area is 120 Å². The van der Waals surface area contributed by atoms with Gasteiger partial charge in [-0.15, -0.1) is 0 Å². The Hall–Kier alpha value is -1.79. The molecule has 0 aliphatic carbocycles. The van der Waals surface area contributed by atoms with Gasteiger partial charge in [0.25, 0.3) is 5.91 Å². The van der Waals surface area contributed by atoms with Crippen molar-refractivity contribution < 1.29 is 22.4 Å². The molecular formula is C14H18F4N2O. The number of rotatable bonds is 7. The smallest absolute Gasteiger partial charge is 0.324 e. The predicted molar refractivity (Wildman–Crippen MR) is 73.2 cm³/mol. The fraction of sp³-hybridized carbons (Fsp3) is 0.500. The number of halogens is 4. The summed E-state index contributed by atoms with van der Waals surface area (Å²) >= 11 is 0. The number of carbonyl (C=O) groups excluding carboxylic acids is 1. The molecule has 1 aromatic carbocycles. The third-order valence-corrected chi connectivity index (χ3v) is 2.85. The van der Waals surface area contributed by atoms with E-state index in [4.69, 9.17) is 0 Å². The highest BCUT2D eigenvalue weighted by atomic mass is 19.3. The molecule has 1 rings (SSSR count). The molecule has 118 valence electrons. The molecule has 1 amide bonds. The van der Waals surface area contributed by atoms with Gasteiger partial charge >= 0.3 is 12.3 Å². The average Bonchev–Trinajstić information content (AvgIpc) is 2.42. The second-order valence-electron chi connectivity index (χ2n) is 4.70. The lowest BCUT2D eigenvalue weighted by atomic mass is 10.1. The molecule has 2 N–H and O–H groups in total. The molecule has 21 heavy (non-hydrogen) atoms. The summed E-state index contributed by atoms with van der Waals surface area (Å²) in [6, 6.07) is 4.82. The van der Waals surface area contributed by atoms with Gasteiger partial charge in [0, 0.05) is 17.8 Å². The predicted octanol–water partition coefficient (Wildman–Crippen LogP) is 3.45. The number of aryl methyl sites for hydroxylation is 1. The number of hydrogen-bond donors (Lipinski definition) is 2. The van der Waals surface area contributed by atoms with Crippen molar-refractivity contribution in [3.63, 3.8) is 0 Å². The molecule has 0 fully saturated rings. The standard InChI is InChI=1S/C14H18F4N2O/c1-3-6-19-10-4-5-11(9(2)7-10)12(21)20-8-14(17,18)13(15)16/h4-5,7,13,19H,3,6,8H2,1-2H3,(H,20,21). The van der Waals surface area contributed by atoms with E-state index in [1.807, 2.05) is 12.2 Å². The van der Waals surface area contributed by atoms with Crippen LogP contribution in [0.4, 0.5) is 23.2 Å². The fourth-order valence-electron chi connectivity index (χ4n) is 1.67. The van der Waals surface area contributed by atoms with Gasteiger partial charge in [-0.3, -0.25) is 4.79 Å². The maximum absolute atomic E-state index is 12.8. The molecule has 1 aromatic rings. The van der Waals surface area contributed by atoms with Crippen LogP contribution in [0, 0.1) is 6.92 Å². The highest BCUT2D eigenvalue weighted by Crippen LogP contribution is 2.22. The van der Waals surface area contributed by atoms with E-state index in [0.29, 0.717) is 5.56 Å². The summed E-state index contributed by atoms with van der Waals surface area (Å²) in [6.07, 6.45) is -2.87. The van der Waals surface area contributed by atoms with Crippen molar-refractivity contribution in [1.29, 1.82) is 0 Å². The molecule has 0 aliphatic heterocycles. The normalized spacial score (nSPS) is 11.6. The number of anilines is 1. The molecule has 0 aliphatic rings. The van der Waals surface area contributed by atoms with E-state index in [0.717, 1.165) is 18.7 Å². The van der Waals surface area contributed by atoms with Crippen LogP contribution >= 0.6 is 0 Å². The largest absolute Gasteiger partial charge is 0.385 e. The van der Waals surface area contributed by atoms with Crippen LogP contribution in [0.2, 0.25) is 0 Å². The Bertz CT molecular complexity index is 492. The number of benzene rings is 1. The van der Waals surface area contributed by atoms with Crippen LogP contribution in [0.1, 0.15) is 29.3 Å². The first kappa shape index (κ1) is 17.3. The zero-order valence-electron chi connectivity index (χ0n) is 11.9. The van der Waals surface area contributed by atoms with Crippen molar-refractivity contribution in [2.45, 2.75) is 32.6 Å². The Morgan fingerprint density at radius 3 is 2.52 bits per heavy atom. The van der Waals surface area contributed by atoms with Crippen LogP contribution in [0.5, 0.6) is 0 Å². The number of alkyl halides is 4. The molecule has 0 spiro atoms. The summed E-state index contributed by atoms with van der Waals surface area (Å²) in [5.74, 6) is -5.03. The quantitative estimate of drug-likeness (QED) is 0.758. The topological polar surface area (TPSA) is 41.1 Å². The molecule has 3 nitrogen and oxygen atoms in total. The number of nitrogens with one attached hydrogen (secondary N) is 2. The second kappa shape index (κ2) is 7.28. The molecule has 0 saturated heterocycles. The maximum atomic E-state index is 12.8. The summed E-state index contributed by atoms with van der Waals surface area (Å²) in [6.45, 7) is 3.03. The fourth-order valence-corrected chi connectivity index (χ4v) is 1.67. The molecule has 0 aromatic heterocycles. The molecule has 0 heterocycles. The molecule has 0 unspecified atom stereocenters. The van der Waals surface area contributed by atoms with Gasteiger partial charge in [-0.2, -0.15) is 8.78 Å². The lowest BCUT2D eigenvalue weighted by molar-refractivity contribution is -0.123. The third kappa shape index (κ3) is 4.91. The molecular weight excluding hydrogens is 288 g/mol. The first-order valence-electron chi connectivity index (χ1n) is 6.56. The average molecular weight is 306 g/mol. The summed E-state index contributed by atoms with van der Waals surface area (Å²) in [4.78, 5) is 11.8. The molecule has 0 saturated carbocycles. The van der Waals surface area contributed by atoms with E-state index < -0.39 is 24.8 Å². The summed E-state index contributed by atoms with van der Waals surface area (Å²) < 4.78 is 49.5. The summed E-state index contributed by atoms with van der Waals surface area (Å²) in [5.41, 5.74) is 1.57. The van der Waals surface area contributed by atoms with Crippen molar-refractivity contribution in [1.82, 2.24) is 5.32 Å². The van der Waals surface area contributed by atoms with Crippen LogP contribution in [0.25, 0.3) is 0 Å². The van der Waals surface area contributed by atoms with Crippen molar-refractivity contribution in [3.05, 3.63) is 29.3 Å². The van der Waals surface area contributed by atoms with E-state index in [1.165, 1.54) is 6.07 Å². The Kier molecular flexibility index (Phi) is 5.99. The van der Waals surface area contributed by atoms with Crippen LogP contribution in [0.3, 0.4) is 0 Å². The molecule has 7 heteroatoms.